The highest BCUT2D eigenvalue weighted by molar-refractivity contribution is 7.89. The molecule has 0 unspecified atom stereocenters. The third-order valence-electron chi connectivity index (χ3n) is 5.83. The molecule has 0 amide bonds. The van der Waals surface area contributed by atoms with Crippen molar-refractivity contribution in [1.29, 1.82) is 5.26 Å². The molecule has 0 radical (unpaired) electrons. The van der Waals surface area contributed by atoms with Gasteiger partial charge in [0.25, 0.3) is 0 Å². The van der Waals surface area contributed by atoms with Crippen LogP contribution in [0, 0.1) is 11.3 Å². The fourth-order valence-electron chi connectivity index (χ4n) is 3.97. The number of hydrogen-bond donors (Lipinski definition) is 0. The van der Waals surface area contributed by atoms with E-state index in [9.17, 15) is 13.2 Å². The number of sulfonamides is 1. The number of nitriles is 1. The molecule has 0 aliphatic carbocycles. The first-order chi connectivity index (χ1) is 16.0. The Bertz CT molecular complexity index is 1250. The zero-order chi connectivity index (χ0) is 23.3. The Balaban J connectivity index is 1.41. The fraction of sp³-hybridized carbons (Fsp3) is 0.231. The SMILES string of the molecule is N#Cc1ccc(CN2CCCN(S(=O)(=O)c3ccc(C(=O)c4ccccc4)cc3)CC2)cc1. The quantitative estimate of drug-likeness (QED) is 0.525. The number of ketones is 1. The van der Waals surface area contributed by atoms with Crippen molar-refractivity contribution in [2.45, 2.75) is 17.9 Å². The second-order valence-corrected chi connectivity index (χ2v) is 10.00. The van der Waals surface area contributed by atoms with Crippen LogP contribution in [0.5, 0.6) is 0 Å². The van der Waals surface area contributed by atoms with Crippen molar-refractivity contribution in [2.75, 3.05) is 26.2 Å². The lowest BCUT2D eigenvalue weighted by atomic mass is 10.0. The van der Waals surface area contributed by atoms with E-state index < -0.39 is 10.0 Å². The first kappa shape index (κ1) is 22.9. The van der Waals surface area contributed by atoms with Crippen LogP contribution in [-0.4, -0.2) is 49.6 Å². The Morgan fingerprint density at radius 1 is 0.818 bits per heavy atom. The first-order valence-electron chi connectivity index (χ1n) is 10.9. The third kappa shape index (κ3) is 5.37. The van der Waals surface area contributed by atoms with Gasteiger partial charge < -0.3 is 0 Å². The van der Waals surface area contributed by atoms with Crippen molar-refractivity contribution in [2.24, 2.45) is 0 Å². The maximum atomic E-state index is 13.2. The molecule has 1 saturated heterocycles. The highest BCUT2D eigenvalue weighted by Gasteiger charge is 2.27. The minimum absolute atomic E-state index is 0.132. The summed E-state index contributed by atoms with van der Waals surface area (Å²) in [6.45, 7) is 3.01. The monoisotopic (exact) mass is 459 g/mol. The van der Waals surface area contributed by atoms with Crippen molar-refractivity contribution in [1.82, 2.24) is 9.21 Å². The van der Waals surface area contributed by atoms with Gasteiger partial charge in [-0.3, -0.25) is 9.69 Å². The second-order valence-electron chi connectivity index (χ2n) is 8.06. The Hall–Kier alpha value is -3.31. The lowest BCUT2D eigenvalue weighted by molar-refractivity contribution is 0.103. The molecule has 3 aromatic rings. The topological polar surface area (TPSA) is 81.5 Å². The van der Waals surface area contributed by atoms with E-state index in [-0.39, 0.29) is 10.7 Å². The summed E-state index contributed by atoms with van der Waals surface area (Å²) in [5.74, 6) is -0.132. The smallest absolute Gasteiger partial charge is 0.243 e. The van der Waals surface area contributed by atoms with Gasteiger partial charge >= 0.3 is 0 Å². The lowest BCUT2D eigenvalue weighted by Crippen LogP contribution is -2.35. The van der Waals surface area contributed by atoms with Gasteiger partial charge in [0.2, 0.25) is 10.0 Å². The largest absolute Gasteiger partial charge is 0.298 e. The molecule has 0 N–H and O–H groups in total. The highest BCUT2D eigenvalue weighted by atomic mass is 32.2. The summed E-state index contributed by atoms with van der Waals surface area (Å²) in [6.07, 6.45) is 0.736. The van der Waals surface area contributed by atoms with Crippen molar-refractivity contribution in [3.63, 3.8) is 0 Å². The van der Waals surface area contributed by atoms with Crippen LogP contribution in [0.25, 0.3) is 0 Å². The molecular formula is C26H25N3O3S. The summed E-state index contributed by atoms with van der Waals surface area (Å²) in [4.78, 5) is 15.0. The van der Waals surface area contributed by atoms with E-state index in [2.05, 4.69) is 11.0 Å². The molecule has 1 fully saturated rings. The molecule has 168 valence electrons. The van der Waals surface area contributed by atoms with Crippen molar-refractivity contribution in [3.05, 3.63) is 101 Å². The highest BCUT2D eigenvalue weighted by Crippen LogP contribution is 2.20. The molecule has 0 bridgehead atoms. The summed E-state index contributed by atoms with van der Waals surface area (Å²) in [6, 6.07) is 24.7. The second kappa shape index (κ2) is 10.1. The summed E-state index contributed by atoms with van der Waals surface area (Å²) < 4.78 is 28.0. The van der Waals surface area contributed by atoms with E-state index in [0.717, 1.165) is 25.1 Å². The summed E-state index contributed by atoms with van der Waals surface area (Å²) >= 11 is 0. The summed E-state index contributed by atoms with van der Waals surface area (Å²) in [5, 5.41) is 8.94. The number of hydrogen-bond acceptors (Lipinski definition) is 5. The van der Waals surface area contributed by atoms with Gasteiger partial charge in [-0.25, -0.2) is 8.42 Å². The molecule has 0 atom stereocenters. The van der Waals surface area contributed by atoms with Gasteiger partial charge in [-0.2, -0.15) is 9.57 Å². The number of carbonyl (C=O) groups is 1. The van der Waals surface area contributed by atoms with Crippen LogP contribution in [0.3, 0.4) is 0 Å². The van der Waals surface area contributed by atoms with Crippen LogP contribution in [0.15, 0.2) is 83.8 Å². The molecule has 0 aromatic heterocycles. The predicted octanol–water partition coefficient (Wildman–Crippen LogP) is 3.69. The average Bonchev–Trinajstić information content (AvgIpc) is 3.11. The normalized spacial score (nSPS) is 15.5. The van der Waals surface area contributed by atoms with E-state index in [1.165, 1.54) is 16.4 Å². The van der Waals surface area contributed by atoms with Crippen LogP contribution in [-0.2, 0) is 16.6 Å². The van der Waals surface area contributed by atoms with Crippen molar-refractivity contribution < 1.29 is 13.2 Å². The molecule has 1 aliphatic heterocycles. The zero-order valence-corrected chi connectivity index (χ0v) is 19.0. The van der Waals surface area contributed by atoms with E-state index in [4.69, 9.17) is 5.26 Å². The van der Waals surface area contributed by atoms with E-state index in [1.807, 2.05) is 18.2 Å². The average molecular weight is 460 g/mol. The zero-order valence-electron chi connectivity index (χ0n) is 18.2. The number of carbonyl (C=O) groups excluding carboxylic acids is 1. The van der Waals surface area contributed by atoms with Gasteiger partial charge in [0.15, 0.2) is 5.78 Å². The number of rotatable bonds is 6. The van der Waals surface area contributed by atoms with Crippen molar-refractivity contribution >= 4 is 15.8 Å². The van der Waals surface area contributed by atoms with Gasteiger partial charge in [-0.15, -0.1) is 0 Å². The molecular weight excluding hydrogens is 434 g/mol. The Kier molecular flexibility index (Phi) is 6.99. The molecule has 1 heterocycles. The lowest BCUT2D eigenvalue weighted by Gasteiger charge is -2.22. The number of benzene rings is 3. The summed E-state index contributed by atoms with van der Waals surface area (Å²) in [5.41, 5.74) is 2.76. The first-order valence-corrected chi connectivity index (χ1v) is 12.3. The fourth-order valence-corrected chi connectivity index (χ4v) is 5.44. The van der Waals surface area contributed by atoms with Gasteiger partial charge in [0, 0.05) is 37.3 Å². The van der Waals surface area contributed by atoms with Crippen molar-refractivity contribution in [3.8, 4) is 6.07 Å². The van der Waals surface area contributed by atoms with Gasteiger partial charge in [-0.05, 0) is 54.9 Å². The molecule has 3 aromatic carbocycles. The molecule has 4 rings (SSSR count). The third-order valence-corrected chi connectivity index (χ3v) is 7.74. The molecule has 6 nitrogen and oxygen atoms in total. The molecule has 7 heteroatoms. The van der Waals surface area contributed by atoms with E-state index >= 15 is 0 Å². The minimum atomic E-state index is -3.64. The van der Waals surface area contributed by atoms with Crippen LogP contribution in [0.4, 0.5) is 0 Å². The van der Waals surface area contributed by atoms with Crippen LogP contribution < -0.4 is 0 Å². The standard InChI is InChI=1S/C26H25N3O3S/c27-19-21-7-9-22(10-8-21)20-28-15-4-16-29(18-17-28)33(31,32)25-13-11-24(12-14-25)26(30)23-5-2-1-3-6-23/h1-3,5-14H,4,15-18,20H2. The minimum Gasteiger partial charge on any atom is -0.298 e. The molecule has 0 spiro atoms. The number of nitrogens with zero attached hydrogens (tertiary/aromatic N) is 3. The maximum Gasteiger partial charge on any atom is 0.243 e. The molecule has 1 aliphatic rings. The predicted molar refractivity (Wildman–Crippen MR) is 126 cm³/mol. The Morgan fingerprint density at radius 3 is 2.15 bits per heavy atom. The maximum absolute atomic E-state index is 13.2. The summed E-state index contributed by atoms with van der Waals surface area (Å²) in [7, 11) is -3.64. The van der Waals surface area contributed by atoms with Gasteiger partial charge in [0.05, 0.1) is 16.5 Å². The Labute approximate surface area is 194 Å². The molecule has 0 saturated carbocycles. The van der Waals surface area contributed by atoms with Gasteiger partial charge in [-0.1, -0.05) is 42.5 Å². The molecule has 33 heavy (non-hydrogen) atoms. The van der Waals surface area contributed by atoms with Gasteiger partial charge in [0.1, 0.15) is 0 Å². The van der Waals surface area contributed by atoms with E-state index in [0.29, 0.717) is 36.3 Å². The van der Waals surface area contributed by atoms with Crippen LogP contribution >= 0.6 is 0 Å². The van der Waals surface area contributed by atoms with Crippen LogP contribution in [0.1, 0.15) is 33.5 Å². The van der Waals surface area contributed by atoms with E-state index in [1.54, 1.807) is 48.5 Å². The van der Waals surface area contributed by atoms with Crippen LogP contribution in [0.2, 0.25) is 0 Å². The Morgan fingerprint density at radius 2 is 1.48 bits per heavy atom.